The molecule has 0 saturated heterocycles. The Bertz CT molecular complexity index is 699. The standard InChI is InChI=1S/C24H36O5/c1-15(25)28-13-16-11-17-12-18(26)7-9-23(17,2)20-8-10-24(3)19(22(16)20)5-6-21(24)29-14-27-4/h12,16,19-22H,5-11,13-14H2,1-4H3/t16-,19-,20-,21-,22-,23-,24-/m0/s1. The van der Waals surface area contributed by atoms with Crippen LogP contribution in [0.3, 0.4) is 0 Å². The fraction of sp³-hybridized carbons (Fsp3) is 0.833. The van der Waals surface area contributed by atoms with Gasteiger partial charge in [-0.25, -0.2) is 0 Å². The molecule has 3 fully saturated rings. The Labute approximate surface area is 174 Å². The van der Waals surface area contributed by atoms with Crippen molar-refractivity contribution < 1.29 is 23.8 Å². The third kappa shape index (κ3) is 3.48. The van der Waals surface area contributed by atoms with E-state index in [0.717, 1.165) is 38.5 Å². The Morgan fingerprint density at radius 2 is 1.97 bits per heavy atom. The van der Waals surface area contributed by atoms with E-state index >= 15 is 0 Å². The fourth-order valence-electron chi connectivity index (χ4n) is 7.47. The lowest BCUT2D eigenvalue weighted by molar-refractivity contribution is -0.157. The molecule has 0 aromatic heterocycles. The summed E-state index contributed by atoms with van der Waals surface area (Å²) in [7, 11) is 1.68. The minimum atomic E-state index is -0.213. The maximum absolute atomic E-state index is 12.2. The van der Waals surface area contributed by atoms with Gasteiger partial charge in [0.1, 0.15) is 6.79 Å². The highest BCUT2D eigenvalue weighted by atomic mass is 16.7. The molecule has 0 aromatic carbocycles. The average molecular weight is 405 g/mol. The van der Waals surface area contributed by atoms with Crippen molar-refractivity contribution in [3.8, 4) is 0 Å². The van der Waals surface area contributed by atoms with Crippen LogP contribution in [-0.4, -0.2) is 38.4 Å². The molecule has 5 heteroatoms. The zero-order valence-electron chi connectivity index (χ0n) is 18.4. The highest BCUT2D eigenvalue weighted by Crippen LogP contribution is 2.66. The number of ether oxygens (including phenoxy) is 3. The van der Waals surface area contributed by atoms with Crippen molar-refractivity contribution >= 4 is 11.8 Å². The number of ketones is 1. The summed E-state index contributed by atoms with van der Waals surface area (Å²) in [6.45, 7) is 7.10. The molecule has 5 nitrogen and oxygen atoms in total. The average Bonchev–Trinajstić information content (AvgIpc) is 3.01. The van der Waals surface area contributed by atoms with Gasteiger partial charge in [-0.1, -0.05) is 19.4 Å². The highest BCUT2D eigenvalue weighted by molar-refractivity contribution is 5.91. The van der Waals surface area contributed by atoms with E-state index in [-0.39, 0.29) is 28.7 Å². The van der Waals surface area contributed by atoms with Crippen molar-refractivity contribution in [2.24, 2.45) is 34.5 Å². The van der Waals surface area contributed by atoms with Crippen LogP contribution in [0.25, 0.3) is 0 Å². The molecule has 0 heterocycles. The first kappa shape index (κ1) is 21.0. The molecule has 0 spiro atoms. The van der Waals surface area contributed by atoms with E-state index in [4.69, 9.17) is 14.2 Å². The maximum Gasteiger partial charge on any atom is 0.302 e. The van der Waals surface area contributed by atoms with Gasteiger partial charge in [-0.3, -0.25) is 9.59 Å². The van der Waals surface area contributed by atoms with E-state index in [1.165, 1.54) is 12.5 Å². The summed E-state index contributed by atoms with van der Waals surface area (Å²) < 4.78 is 16.9. The van der Waals surface area contributed by atoms with Crippen molar-refractivity contribution in [1.82, 2.24) is 0 Å². The van der Waals surface area contributed by atoms with Crippen LogP contribution < -0.4 is 0 Å². The molecular formula is C24H36O5. The van der Waals surface area contributed by atoms with Crippen LogP contribution in [0.4, 0.5) is 0 Å². The van der Waals surface area contributed by atoms with Gasteiger partial charge < -0.3 is 14.2 Å². The molecule has 4 rings (SSSR count). The molecule has 0 N–H and O–H groups in total. The van der Waals surface area contributed by atoms with E-state index in [9.17, 15) is 9.59 Å². The van der Waals surface area contributed by atoms with Gasteiger partial charge in [0.15, 0.2) is 5.78 Å². The normalized spacial score (nSPS) is 43.8. The van der Waals surface area contributed by atoms with E-state index in [2.05, 4.69) is 13.8 Å². The van der Waals surface area contributed by atoms with Crippen molar-refractivity contribution in [3.05, 3.63) is 11.6 Å². The summed E-state index contributed by atoms with van der Waals surface area (Å²) in [5.41, 5.74) is 1.56. The van der Waals surface area contributed by atoms with Crippen LogP contribution in [0.2, 0.25) is 0 Å². The third-order valence-electron chi connectivity index (χ3n) is 8.94. The monoisotopic (exact) mass is 404 g/mol. The second-order valence-corrected chi connectivity index (χ2v) is 10.3. The van der Waals surface area contributed by atoms with Gasteiger partial charge in [0.05, 0.1) is 12.7 Å². The van der Waals surface area contributed by atoms with Gasteiger partial charge in [0.2, 0.25) is 0 Å². The summed E-state index contributed by atoms with van der Waals surface area (Å²) in [5, 5.41) is 0. The SMILES string of the molecule is COCO[C@H]1CC[C@H]2[C@@H]3[C@H](COC(C)=O)CC4=CC(=O)CC[C@]4(C)[C@H]3CC[C@]12C. The molecule has 29 heavy (non-hydrogen) atoms. The van der Waals surface area contributed by atoms with Gasteiger partial charge in [-0.2, -0.15) is 0 Å². The number of carbonyl (C=O) groups excluding carboxylic acids is 2. The van der Waals surface area contributed by atoms with Crippen LogP contribution >= 0.6 is 0 Å². The molecule has 0 amide bonds. The van der Waals surface area contributed by atoms with Crippen LogP contribution in [0.15, 0.2) is 11.6 Å². The van der Waals surface area contributed by atoms with E-state index in [0.29, 0.717) is 43.5 Å². The Balaban J connectivity index is 1.66. The second kappa shape index (κ2) is 7.81. The van der Waals surface area contributed by atoms with Crippen LogP contribution in [0.5, 0.6) is 0 Å². The molecule has 4 aliphatic carbocycles. The van der Waals surface area contributed by atoms with E-state index in [1.54, 1.807) is 7.11 Å². The second-order valence-electron chi connectivity index (χ2n) is 10.3. The Morgan fingerprint density at radius 3 is 2.69 bits per heavy atom. The lowest BCUT2D eigenvalue weighted by Gasteiger charge is -2.60. The summed E-state index contributed by atoms with van der Waals surface area (Å²) in [5.74, 6) is 1.97. The van der Waals surface area contributed by atoms with Crippen molar-refractivity contribution in [2.45, 2.75) is 71.8 Å². The van der Waals surface area contributed by atoms with Crippen LogP contribution in [-0.2, 0) is 23.8 Å². The molecule has 0 radical (unpaired) electrons. The van der Waals surface area contributed by atoms with Crippen molar-refractivity contribution in [3.63, 3.8) is 0 Å². The minimum Gasteiger partial charge on any atom is -0.466 e. The summed E-state index contributed by atoms with van der Waals surface area (Å²) in [6, 6.07) is 0. The van der Waals surface area contributed by atoms with Gasteiger partial charge in [-0.15, -0.1) is 0 Å². The fourth-order valence-corrected chi connectivity index (χ4v) is 7.47. The summed E-state index contributed by atoms with van der Waals surface area (Å²) in [6.07, 6.45) is 9.22. The maximum atomic E-state index is 12.2. The number of hydrogen-bond acceptors (Lipinski definition) is 5. The smallest absolute Gasteiger partial charge is 0.302 e. The van der Waals surface area contributed by atoms with E-state index in [1.807, 2.05) is 6.08 Å². The largest absolute Gasteiger partial charge is 0.466 e. The Morgan fingerprint density at radius 1 is 1.17 bits per heavy atom. The van der Waals surface area contributed by atoms with E-state index < -0.39 is 0 Å². The first-order valence-corrected chi connectivity index (χ1v) is 11.3. The quantitative estimate of drug-likeness (QED) is 0.505. The number of rotatable bonds is 5. The molecule has 0 aromatic rings. The van der Waals surface area contributed by atoms with Crippen LogP contribution in [0, 0.1) is 34.5 Å². The number of esters is 1. The predicted molar refractivity (Wildman–Crippen MR) is 109 cm³/mol. The van der Waals surface area contributed by atoms with Gasteiger partial charge in [-0.05, 0) is 73.2 Å². The molecule has 0 unspecified atom stereocenters. The zero-order chi connectivity index (χ0) is 20.8. The number of carbonyl (C=O) groups is 2. The lowest BCUT2D eigenvalue weighted by atomic mass is 9.45. The number of allylic oxidation sites excluding steroid dienone is 1. The molecule has 0 aliphatic heterocycles. The van der Waals surface area contributed by atoms with Gasteiger partial charge >= 0.3 is 5.97 Å². The Hall–Kier alpha value is -1.20. The first-order chi connectivity index (χ1) is 13.8. The molecule has 162 valence electrons. The minimum absolute atomic E-state index is 0.109. The predicted octanol–water partition coefficient (Wildman–Crippen LogP) is 4.30. The Kier molecular flexibility index (Phi) is 5.67. The number of hydrogen-bond donors (Lipinski definition) is 0. The lowest BCUT2D eigenvalue weighted by Crippen LogP contribution is -2.55. The highest BCUT2D eigenvalue weighted by Gasteiger charge is 2.61. The van der Waals surface area contributed by atoms with Crippen molar-refractivity contribution in [2.75, 3.05) is 20.5 Å². The first-order valence-electron chi connectivity index (χ1n) is 11.3. The number of methoxy groups -OCH3 is 1. The third-order valence-corrected chi connectivity index (χ3v) is 8.94. The van der Waals surface area contributed by atoms with Crippen molar-refractivity contribution in [1.29, 1.82) is 0 Å². The van der Waals surface area contributed by atoms with Gasteiger partial charge in [0.25, 0.3) is 0 Å². The molecular weight excluding hydrogens is 368 g/mol. The summed E-state index contributed by atoms with van der Waals surface area (Å²) in [4.78, 5) is 23.8. The van der Waals surface area contributed by atoms with Crippen LogP contribution in [0.1, 0.15) is 65.7 Å². The molecule has 4 aliphatic rings. The topological polar surface area (TPSA) is 61.8 Å². The van der Waals surface area contributed by atoms with Gasteiger partial charge in [0, 0.05) is 26.4 Å². The molecule has 7 atom stereocenters. The molecule has 3 saturated carbocycles. The summed E-state index contributed by atoms with van der Waals surface area (Å²) >= 11 is 0. The zero-order valence-corrected chi connectivity index (χ0v) is 18.4. The molecule has 0 bridgehead atoms. The number of fused-ring (bicyclic) bond motifs is 5.